The summed E-state index contributed by atoms with van der Waals surface area (Å²) in [5.41, 5.74) is 8.54. The third kappa shape index (κ3) is 4.77. The van der Waals surface area contributed by atoms with Gasteiger partial charge in [0.2, 0.25) is 0 Å². The molecule has 0 radical (unpaired) electrons. The van der Waals surface area contributed by atoms with Crippen molar-refractivity contribution in [3.05, 3.63) is 41.7 Å². The van der Waals surface area contributed by atoms with Crippen LogP contribution >= 0.6 is 0 Å². The molecule has 1 aliphatic carbocycles. The number of aromatic nitrogens is 2. The summed E-state index contributed by atoms with van der Waals surface area (Å²) in [6.07, 6.45) is 8.62. The minimum atomic E-state index is -0.619. The average Bonchev–Trinajstić information content (AvgIpc) is 3.26. The number of likely N-dealkylation sites (N-methyl/N-ethyl adjacent to an activating group) is 1. The Balaban J connectivity index is 1.15. The van der Waals surface area contributed by atoms with E-state index in [0.717, 1.165) is 38.2 Å². The molecule has 4 heterocycles. The molecule has 3 saturated heterocycles. The van der Waals surface area contributed by atoms with Crippen molar-refractivity contribution in [3.8, 4) is 0 Å². The van der Waals surface area contributed by atoms with Crippen molar-refractivity contribution in [2.45, 2.75) is 50.5 Å². The number of amides is 3. The monoisotopic (exact) mass is 518 g/mol. The predicted octanol–water partition coefficient (Wildman–Crippen LogP) is 2.90. The maximum absolute atomic E-state index is 12.5. The zero-order valence-electron chi connectivity index (χ0n) is 22.2. The number of nitrogens with two attached hydrogens (primary N) is 1. The quantitative estimate of drug-likeness (QED) is 0.538. The lowest BCUT2D eigenvalue weighted by atomic mass is 9.66. The van der Waals surface area contributed by atoms with Crippen LogP contribution in [0.15, 0.2) is 30.5 Å². The summed E-state index contributed by atoms with van der Waals surface area (Å²) in [5, 5.41) is 6.73. The van der Waals surface area contributed by atoms with Gasteiger partial charge < -0.3 is 31.1 Å². The molecule has 4 aliphatic rings. The lowest BCUT2D eigenvalue weighted by molar-refractivity contribution is 0.0975. The molecule has 3 amide bonds. The number of hydrogen-bond acceptors (Lipinski definition) is 7. The minimum Gasteiger partial charge on any atom is -0.364 e. The van der Waals surface area contributed by atoms with Crippen molar-refractivity contribution in [1.82, 2.24) is 25.1 Å². The van der Waals surface area contributed by atoms with Gasteiger partial charge >= 0.3 is 6.03 Å². The van der Waals surface area contributed by atoms with Gasteiger partial charge in [-0.1, -0.05) is 12.1 Å². The smallest absolute Gasteiger partial charge is 0.320 e. The Kier molecular flexibility index (Phi) is 6.59. The van der Waals surface area contributed by atoms with Gasteiger partial charge in [-0.05, 0) is 67.6 Å². The van der Waals surface area contributed by atoms with E-state index in [1.165, 1.54) is 44.3 Å². The molecule has 38 heavy (non-hydrogen) atoms. The van der Waals surface area contributed by atoms with Gasteiger partial charge in [0, 0.05) is 52.0 Å². The van der Waals surface area contributed by atoms with E-state index in [1.54, 1.807) is 11.1 Å². The van der Waals surface area contributed by atoms with Crippen LogP contribution in [-0.4, -0.2) is 84.1 Å². The third-order valence-electron chi connectivity index (χ3n) is 9.09. The molecule has 0 unspecified atom stereocenters. The van der Waals surface area contributed by atoms with Gasteiger partial charge in [-0.25, -0.2) is 14.8 Å². The van der Waals surface area contributed by atoms with E-state index < -0.39 is 5.91 Å². The Labute approximate surface area is 224 Å². The molecule has 2 aromatic rings. The summed E-state index contributed by atoms with van der Waals surface area (Å²) >= 11 is 0. The third-order valence-corrected chi connectivity index (χ3v) is 9.09. The van der Waals surface area contributed by atoms with Crippen molar-refractivity contribution >= 4 is 29.3 Å². The van der Waals surface area contributed by atoms with Crippen molar-refractivity contribution < 1.29 is 9.59 Å². The second-order valence-electron chi connectivity index (χ2n) is 11.6. The minimum absolute atomic E-state index is 0.0885. The maximum atomic E-state index is 12.5. The van der Waals surface area contributed by atoms with Crippen LogP contribution in [0.5, 0.6) is 0 Å². The Bertz CT molecular complexity index is 1190. The Morgan fingerprint density at radius 2 is 1.87 bits per heavy atom. The van der Waals surface area contributed by atoms with Gasteiger partial charge in [-0.2, -0.15) is 0 Å². The molecule has 1 saturated carbocycles. The predicted molar refractivity (Wildman–Crippen MR) is 147 cm³/mol. The molecule has 1 atom stereocenters. The van der Waals surface area contributed by atoms with Crippen molar-refractivity contribution in [3.63, 3.8) is 0 Å². The molecule has 0 bridgehead atoms. The first-order valence-corrected chi connectivity index (χ1v) is 13.9. The standard InChI is InChI=1S/C28H38N8O2/c1-34-13-14-36(27(34)38)22-3-2-12-35(16-22)23-15-31-24(25(29)37)26(33-23)32-21-6-4-19(5-7-21)20-8-10-28(11-9-20)17-30-18-28/h4-7,15,20,22,30H,2-3,8-14,16-18H2,1H3,(H2,29,37)(H,32,33)/t22-/m1/s1. The fourth-order valence-electron chi connectivity index (χ4n) is 6.59. The highest BCUT2D eigenvalue weighted by Gasteiger charge is 2.40. The van der Waals surface area contributed by atoms with Crippen LogP contribution < -0.4 is 21.3 Å². The molecule has 3 aliphatic heterocycles. The number of carbonyl (C=O) groups is 2. The average molecular weight is 519 g/mol. The second kappa shape index (κ2) is 10.1. The molecule has 202 valence electrons. The van der Waals surface area contributed by atoms with Gasteiger partial charge in [0.1, 0.15) is 5.82 Å². The first-order valence-electron chi connectivity index (χ1n) is 13.9. The number of anilines is 3. The number of primary amides is 1. The zero-order valence-corrected chi connectivity index (χ0v) is 22.2. The highest BCUT2D eigenvalue weighted by atomic mass is 16.2. The summed E-state index contributed by atoms with van der Waals surface area (Å²) in [7, 11) is 1.85. The normalized spacial score (nSPS) is 23.6. The first kappa shape index (κ1) is 24.9. The summed E-state index contributed by atoms with van der Waals surface area (Å²) in [4.78, 5) is 39.7. The summed E-state index contributed by atoms with van der Waals surface area (Å²) < 4.78 is 0. The van der Waals surface area contributed by atoms with Crippen LogP contribution in [0, 0.1) is 5.41 Å². The highest BCUT2D eigenvalue weighted by Crippen LogP contribution is 2.45. The molecule has 6 rings (SSSR count). The molecule has 4 N–H and O–H groups in total. The number of rotatable bonds is 6. The highest BCUT2D eigenvalue weighted by molar-refractivity contribution is 5.96. The molecule has 1 aromatic carbocycles. The molecule has 1 aromatic heterocycles. The molecular formula is C28H38N8O2. The number of hydrogen-bond donors (Lipinski definition) is 3. The van der Waals surface area contributed by atoms with E-state index in [2.05, 4.69) is 44.8 Å². The van der Waals surface area contributed by atoms with Gasteiger partial charge in [0.05, 0.1) is 12.2 Å². The van der Waals surface area contributed by atoms with E-state index >= 15 is 0 Å². The van der Waals surface area contributed by atoms with Crippen LogP contribution in [0.1, 0.15) is 60.5 Å². The molecular weight excluding hydrogens is 480 g/mol. The molecule has 4 fully saturated rings. The first-order chi connectivity index (χ1) is 18.4. The Morgan fingerprint density at radius 3 is 2.50 bits per heavy atom. The van der Waals surface area contributed by atoms with Crippen LogP contribution in [-0.2, 0) is 0 Å². The van der Waals surface area contributed by atoms with Crippen molar-refractivity contribution in [2.75, 3.05) is 56.5 Å². The molecule has 10 heteroatoms. The molecule has 1 spiro atoms. The Hall–Kier alpha value is -3.40. The van der Waals surface area contributed by atoms with E-state index in [9.17, 15) is 9.59 Å². The SMILES string of the molecule is CN1CCN([C@@H]2CCCN(c3cnc(C(N)=O)c(Nc4ccc(C5CCC6(CC5)CNC6)cc4)n3)C2)C1=O. The lowest BCUT2D eigenvalue weighted by Gasteiger charge is -2.47. The zero-order chi connectivity index (χ0) is 26.3. The van der Waals surface area contributed by atoms with Crippen LogP contribution in [0.4, 0.5) is 22.1 Å². The number of nitrogens with one attached hydrogen (secondary N) is 2. The van der Waals surface area contributed by atoms with Gasteiger partial charge in [-0.3, -0.25) is 4.79 Å². The fourth-order valence-corrected chi connectivity index (χ4v) is 6.59. The Morgan fingerprint density at radius 1 is 1.11 bits per heavy atom. The topological polar surface area (TPSA) is 120 Å². The maximum Gasteiger partial charge on any atom is 0.320 e. The summed E-state index contributed by atoms with van der Waals surface area (Å²) in [5.74, 6) is 1.03. The van der Waals surface area contributed by atoms with Crippen LogP contribution in [0.2, 0.25) is 0 Å². The summed E-state index contributed by atoms with van der Waals surface area (Å²) in [6.45, 7) is 5.38. The van der Waals surface area contributed by atoms with Crippen LogP contribution in [0.25, 0.3) is 0 Å². The number of piperidine rings is 1. The largest absolute Gasteiger partial charge is 0.364 e. The number of benzene rings is 1. The van der Waals surface area contributed by atoms with Crippen molar-refractivity contribution in [2.24, 2.45) is 11.1 Å². The summed E-state index contributed by atoms with van der Waals surface area (Å²) in [6, 6.07) is 8.70. The van der Waals surface area contributed by atoms with Gasteiger partial charge in [0.25, 0.3) is 5.91 Å². The van der Waals surface area contributed by atoms with Gasteiger partial charge in [-0.15, -0.1) is 0 Å². The van der Waals surface area contributed by atoms with E-state index in [4.69, 9.17) is 10.7 Å². The van der Waals surface area contributed by atoms with Gasteiger partial charge in [0.15, 0.2) is 11.5 Å². The number of nitrogens with zero attached hydrogens (tertiary/aromatic N) is 5. The van der Waals surface area contributed by atoms with E-state index in [-0.39, 0.29) is 17.8 Å². The lowest BCUT2D eigenvalue weighted by Crippen LogP contribution is -2.54. The van der Waals surface area contributed by atoms with Crippen LogP contribution in [0.3, 0.4) is 0 Å². The number of carbonyl (C=O) groups excluding carboxylic acids is 2. The van der Waals surface area contributed by atoms with E-state index in [0.29, 0.717) is 29.5 Å². The van der Waals surface area contributed by atoms with E-state index in [1.807, 2.05) is 11.9 Å². The van der Waals surface area contributed by atoms with Crippen molar-refractivity contribution in [1.29, 1.82) is 0 Å². The molecule has 10 nitrogen and oxygen atoms in total. The number of urea groups is 1. The second-order valence-corrected chi connectivity index (χ2v) is 11.6. The fraction of sp³-hybridized carbons (Fsp3) is 0.571.